The van der Waals surface area contributed by atoms with Crippen LogP contribution in [0.25, 0.3) is 32.8 Å². The molecule has 4 aromatic rings. The predicted octanol–water partition coefficient (Wildman–Crippen LogP) is 5.49. The Morgan fingerprint density at radius 3 is 2.62 bits per heavy atom. The molecule has 0 radical (unpaired) electrons. The fourth-order valence-electron chi connectivity index (χ4n) is 4.19. The zero-order valence-electron chi connectivity index (χ0n) is 17.7. The van der Waals surface area contributed by atoms with Gasteiger partial charge in [0.2, 0.25) is 0 Å². The maximum Gasteiger partial charge on any atom is 0.120 e. The first-order valence-electron chi connectivity index (χ1n) is 10.5. The molecule has 0 saturated heterocycles. The number of fused-ring (bicyclic) bond motifs is 4. The second-order valence-electron chi connectivity index (χ2n) is 7.76. The van der Waals surface area contributed by atoms with Gasteiger partial charge in [-0.15, -0.1) is 0 Å². The monoisotopic (exact) mass is 408 g/mol. The molecule has 2 aromatic heterocycles. The first-order chi connectivity index (χ1) is 14.0. The summed E-state index contributed by atoms with van der Waals surface area (Å²) in [7, 11) is 2.10. The van der Waals surface area contributed by atoms with E-state index in [4.69, 9.17) is 16.6 Å². The Kier molecular flexibility index (Phi) is 5.66. The lowest BCUT2D eigenvalue weighted by Crippen LogP contribution is -2.26. The molecule has 0 aliphatic carbocycles. The Balaban J connectivity index is 1.98. The summed E-state index contributed by atoms with van der Waals surface area (Å²) in [5.74, 6) is 0. The lowest BCUT2D eigenvalue weighted by molar-refractivity contribution is 0.292. The molecule has 4 rings (SSSR count). The molecule has 0 amide bonds. The van der Waals surface area contributed by atoms with Gasteiger partial charge in [-0.3, -0.25) is 4.99 Å². The van der Waals surface area contributed by atoms with E-state index in [0.717, 1.165) is 58.5 Å². The number of nitrogens with zero attached hydrogens (tertiary/aromatic N) is 3. The van der Waals surface area contributed by atoms with Crippen LogP contribution in [0.15, 0.2) is 47.5 Å². The molecule has 152 valence electrons. The first kappa shape index (κ1) is 20.0. The zero-order valence-corrected chi connectivity index (χ0v) is 18.4. The molecular formula is C24H29ClN4. The van der Waals surface area contributed by atoms with Gasteiger partial charge < -0.3 is 14.5 Å². The topological polar surface area (TPSA) is 36.3 Å². The van der Waals surface area contributed by atoms with E-state index < -0.39 is 0 Å². The quantitative estimate of drug-likeness (QED) is 0.450. The number of H-pyrrole nitrogens is 1. The third-order valence-electron chi connectivity index (χ3n) is 5.94. The summed E-state index contributed by atoms with van der Waals surface area (Å²) in [5.41, 5.74) is 3.35. The van der Waals surface area contributed by atoms with Gasteiger partial charge >= 0.3 is 0 Å². The molecule has 29 heavy (non-hydrogen) atoms. The molecule has 1 unspecified atom stereocenters. The van der Waals surface area contributed by atoms with Gasteiger partial charge in [0.1, 0.15) is 5.65 Å². The van der Waals surface area contributed by atoms with Gasteiger partial charge in [0.25, 0.3) is 0 Å². The van der Waals surface area contributed by atoms with Crippen LogP contribution in [-0.2, 0) is 7.05 Å². The number of aromatic amines is 1. The van der Waals surface area contributed by atoms with Gasteiger partial charge in [-0.1, -0.05) is 43.6 Å². The number of halogens is 1. The van der Waals surface area contributed by atoms with Crippen molar-refractivity contribution in [3.63, 3.8) is 0 Å². The minimum absolute atomic E-state index is 0.224. The maximum absolute atomic E-state index is 6.40. The lowest BCUT2D eigenvalue weighted by Gasteiger charge is -2.19. The zero-order chi connectivity index (χ0) is 20.5. The van der Waals surface area contributed by atoms with E-state index in [2.05, 4.69) is 72.6 Å². The van der Waals surface area contributed by atoms with E-state index in [-0.39, 0.29) is 6.04 Å². The van der Waals surface area contributed by atoms with Crippen molar-refractivity contribution in [2.45, 2.75) is 33.2 Å². The Bertz CT molecular complexity index is 1230. The number of hydrogen-bond donors (Lipinski definition) is 1. The van der Waals surface area contributed by atoms with Crippen molar-refractivity contribution in [3.05, 3.63) is 52.8 Å². The van der Waals surface area contributed by atoms with Crippen molar-refractivity contribution < 1.29 is 0 Å². The van der Waals surface area contributed by atoms with Crippen LogP contribution < -0.4 is 5.36 Å². The summed E-state index contributed by atoms with van der Waals surface area (Å²) >= 11 is 6.40. The molecule has 0 aliphatic heterocycles. The number of para-hydroxylation sites is 1. The fraction of sp³-hybridized carbons (Fsp3) is 0.375. The molecular weight excluding hydrogens is 380 g/mol. The number of aryl methyl sites for hydroxylation is 1. The molecule has 0 aliphatic rings. The SMILES string of the molecule is CCN(CC)CCC(C)N=c1c2cc(Cl)ccc2n(C)c2[nH]c3ccccc3c12. The van der Waals surface area contributed by atoms with Gasteiger partial charge in [-0.05, 0) is 50.7 Å². The van der Waals surface area contributed by atoms with Crippen molar-refractivity contribution in [3.8, 4) is 0 Å². The van der Waals surface area contributed by atoms with Gasteiger partial charge in [0.05, 0.1) is 16.3 Å². The fourth-order valence-corrected chi connectivity index (χ4v) is 4.36. The highest BCUT2D eigenvalue weighted by atomic mass is 35.5. The third kappa shape index (κ3) is 3.67. The Hall–Kier alpha value is -2.30. The van der Waals surface area contributed by atoms with Gasteiger partial charge in [0.15, 0.2) is 0 Å². The van der Waals surface area contributed by atoms with Crippen LogP contribution in [0.4, 0.5) is 0 Å². The average Bonchev–Trinajstić information content (AvgIpc) is 3.11. The van der Waals surface area contributed by atoms with E-state index in [0.29, 0.717) is 0 Å². The van der Waals surface area contributed by atoms with Gasteiger partial charge in [-0.25, -0.2) is 0 Å². The highest BCUT2D eigenvalue weighted by molar-refractivity contribution is 6.31. The molecule has 0 saturated carbocycles. The van der Waals surface area contributed by atoms with Crippen LogP contribution in [0.5, 0.6) is 0 Å². The minimum Gasteiger partial charge on any atom is -0.341 e. The smallest absolute Gasteiger partial charge is 0.120 e. The highest BCUT2D eigenvalue weighted by Crippen LogP contribution is 2.27. The summed E-state index contributed by atoms with van der Waals surface area (Å²) < 4.78 is 2.21. The second-order valence-corrected chi connectivity index (χ2v) is 8.19. The van der Waals surface area contributed by atoms with Crippen LogP contribution >= 0.6 is 11.6 Å². The van der Waals surface area contributed by atoms with Crippen molar-refractivity contribution in [1.82, 2.24) is 14.5 Å². The van der Waals surface area contributed by atoms with Crippen molar-refractivity contribution in [1.29, 1.82) is 0 Å². The largest absolute Gasteiger partial charge is 0.341 e. The second kappa shape index (κ2) is 8.21. The molecule has 4 nitrogen and oxygen atoms in total. The van der Waals surface area contributed by atoms with Crippen molar-refractivity contribution >= 4 is 44.4 Å². The van der Waals surface area contributed by atoms with Crippen molar-refractivity contribution in [2.24, 2.45) is 12.0 Å². The number of aromatic nitrogens is 2. The van der Waals surface area contributed by atoms with E-state index in [9.17, 15) is 0 Å². The molecule has 1 atom stereocenters. The maximum atomic E-state index is 6.40. The number of rotatable bonds is 6. The normalized spacial score (nSPS) is 13.9. The third-order valence-corrected chi connectivity index (χ3v) is 6.18. The van der Waals surface area contributed by atoms with E-state index in [1.54, 1.807) is 0 Å². The first-order valence-corrected chi connectivity index (χ1v) is 10.9. The number of hydrogen-bond acceptors (Lipinski definition) is 2. The average molecular weight is 409 g/mol. The Labute approximate surface area is 176 Å². The van der Waals surface area contributed by atoms with Gasteiger partial charge in [0, 0.05) is 40.9 Å². The van der Waals surface area contributed by atoms with Crippen LogP contribution in [0.1, 0.15) is 27.2 Å². The van der Waals surface area contributed by atoms with E-state index in [1.165, 1.54) is 10.8 Å². The summed E-state index contributed by atoms with van der Waals surface area (Å²) in [6.45, 7) is 9.87. The molecule has 0 fully saturated rings. The van der Waals surface area contributed by atoms with E-state index >= 15 is 0 Å². The number of benzene rings is 2. The molecule has 0 bridgehead atoms. The van der Waals surface area contributed by atoms with Crippen LogP contribution in [0.2, 0.25) is 5.02 Å². The predicted molar refractivity (Wildman–Crippen MR) is 125 cm³/mol. The lowest BCUT2D eigenvalue weighted by atomic mass is 10.1. The van der Waals surface area contributed by atoms with Crippen LogP contribution in [0.3, 0.4) is 0 Å². The van der Waals surface area contributed by atoms with E-state index in [1.807, 2.05) is 12.1 Å². The summed E-state index contributed by atoms with van der Waals surface area (Å²) in [4.78, 5) is 11.3. The molecule has 2 aromatic carbocycles. The van der Waals surface area contributed by atoms with Crippen LogP contribution in [0, 0.1) is 0 Å². The van der Waals surface area contributed by atoms with Crippen LogP contribution in [-0.4, -0.2) is 40.1 Å². The molecule has 0 spiro atoms. The molecule has 1 N–H and O–H groups in total. The summed E-state index contributed by atoms with van der Waals surface area (Å²) in [5, 5.41) is 5.26. The summed E-state index contributed by atoms with van der Waals surface area (Å²) in [6, 6.07) is 14.8. The Morgan fingerprint density at radius 1 is 1.10 bits per heavy atom. The minimum atomic E-state index is 0.224. The molecule has 2 heterocycles. The number of nitrogens with one attached hydrogen (secondary N) is 1. The highest BCUT2D eigenvalue weighted by Gasteiger charge is 2.14. The van der Waals surface area contributed by atoms with Gasteiger partial charge in [-0.2, -0.15) is 0 Å². The summed E-state index contributed by atoms with van der Waals surface area (Å²) in [6.07, 6.45) is 1.04. The molecule has 5 heteroatoms. The Morgan fingerprint density at radius 2 is 1.86 bits per heavy atom. The number of pyridine rings is 1. The van der Waals surface area contributed by atoms with Crippen molar-refractivity contribution in [2.75, 3.05) is 19.6 Å². The standard InChI is InChI=1S/C24H29ClN4/c1-5-29(6-2)14-13-16(3)26-23-19-15-17(25)11-12-21(19)28(4)24-22(23)18-9-7-8-10-20(18)27-24/h7-12,15-16,27H,5-6,13-14H2,1-4H3.